The average molecular weight is 535 g/mol. The first kappa shape index (κ1) is 26.8. The van der Waals surface area contributed by atoms with Crippen molar-refractivity contribution < 1.29 is 13.9 Å². The van der Waals surface area contributed by atoms with Crippen molar-refractivity contribution in [1.82, 2.24) is 14.6 Å². The molecule has 0 saturated carbocycles. The molecule has 0 unspecified atom stereocenters. The van der Waals surface area contributed by atoms with Gasteiger partial charge in [-0.05, 0) is 119 Å². The van der Waals surface area contributed by atoms with Crippen LogP contribution < -0.4 is 10.2 Å². The number of benzene rings is 2. The Balaban J connectivity index is 1.18. The number of nitrogens with one attached hydrogen (secondary N) is 1. The van der Waals surface area contributed by atoms with Crippen molar-refractivity contribution >= 4 is 12.1 Å². The van der Waals surface area contributed by atoms with Crippen molar-refractivity contribution in [3.63, 3.8) is 0 Å². The van der Waals surface area contributed by atoms with Gasteiger partial charge in [0.1, 0.15) is 18.1 Å². The second-order valence-electron chi connectivity index (χ2n) is 10.2. The topological polar surface area (TPSA) is 73.7 Å². The highest BCUT2D eigenvalue weighted by atomic mass is 16.5. The minimum Gasteiger partial charge on any atom is -0.486 e. The fourth-order valence-corrected chi connectivity index (χ4v) is 5.11. The Morgan fingerprint density at radius 2 is 1.48 bits per heavy atom. The molecule has 0 atom stereocenters. The normalized spacial score (nSPS) is 11.3. The number of furan rings is 1. The molecule has 0 radical (unpaired) electrons. The van der Waals surface area contributed by atoms with E-state index in [0.717, 1.165) is 34.1 Å². The van der Waals surface area contributed by atoms with Crippen LogP contribution in [0, 0.1) is 41.5 Å². The van der Waals surface area contributed by atoms with Crippen LogP contribution in [-0.4, -0.2) is 21.3 Å². The van der Waals surface area contributed by atoms with Gasteiger partial charge in [0, 0.05) is 39.7 Å². The number of hydrazone groups is 1. The largest absolute Gasteiger partial charge is 0.486 e. The van der Waals surface area contributed by atoms with E-state index in [4.69, 9.17) is 9.15 Å². The second kappa shape index (κ2) is 11.1. The molecule has 3 heterocycles. The molecule has 40 heavy (non-hydrogen) atoms. The molecule has 204 valence electrons. The summed E-state index contributed by atoms with van der Waals surface area (Å²) in [6.07, 6.45) is 1.66. The Kier molecular flexibility index (Phi) is 7.47. The molecular formula is C33H34N4O3. The van der Waals surface area contributed by atoms with Crippen LogP contribution in [0.25, 0.3) is 11.4 Å². The van der Waals surface area contributed by atoms with E-state index in [-0.39, 0.29) is 12.4 Å². The Morgan fingerprint density at radius 1 is 0.800 bits per heavy atom. The number of aryl methyl sites for hydroxylation is 5. The molecule has 1 N–H and O–H groups in total. The SMILES string of the molecule is Cc1cc(C)cc(-n2c(C)cc(/C=N/NC(=O)c3ccc(COc4ccc(-n5c(C)ccc5C)cc4)o3)c2C)c1. The van der Waals surface area contributed by atoms with E-state index in [2.05, 4.69) is 90.7 Å². The summed E-state index contributed by atoms with van der Waals surface area (Å²) in [5, 5.41) is 4.18. The number of amides is 1. The summed E-state index contributed by atoms with van der Waals surface area (Å²) in [7, 11) is 0. The fourth-order valence-electron chi connectivity index (χ4n) is 5.11. The summed E-state index contributed by atoms with van der Waals surface area (Å²) in [6.45, 7) is 12.7. The number of rotatable bonds is 8. The van der Waals surface area contributed by atoms with Gasteiger partial charge in [-0.3, -0.25) is 4.79 Å². The van der Waals surface area contributed by atoms with E-state index in [1.165, 1.54) is 22.5 Å². The van der Waals surface area contributed by atoms with Crippen LogP contribution >= 0.6 is 0 Å². The summed E-state index contributed by atoms with van der Waals surface area (Å²) in [6, 6.07) is 24.0. The summed E-state index contributed by atoms with van der Waals surface area (Å²) < 4.78 is 15.9. The van der Waals surface area contributed by atoms with Gasteiger partial charge in [0.2, 0.25) is 0 Å². The van der Waals surface area contributed by atoms with Crippen molar-refractivity contribution in [1.29, 1.82) is 0 Å². The molecule has 0 spiro atoms. The zero-order chi connectivity index (χ0) is 28.4. The van der Waals surface area contributed by atoms with Gasteiger partial charge < -0.3 is 18.3 Å². The number of hydrogen-bond acceptors (Lipinski definition) is 4. The van der Waals surface area contributed by atoms with Crippen LogP contribution in [0.15, 0.2) is 82.3 Å². The molecule has 5 aromatic rings. The van der Waals surface area contributed by atoms with Crippen molar-refractivity contribution in [2.75, 3.05) is 0 Å². The maximum atomic E-state index is 12.6. The Hall–Kier alpha value is -4.78. The van der Waals surface area contributed by atoms with E-state index >= 15 is 0 Å². The summed E-state index contributed by atoms with van der Waals surface area (Å²) in [5.74, 6) is 1.02. The quantitative estimate of drug-likeness (QED) is 0.171. The summed E-state index contributed by atoms with van der Waals surface area (Å²) in [4.78, 5) is 12.6. The molecular weight excluding hydrogens is 500 g/mol. The van der Waals surface area contributed by atoms with Crippen molar-refractivity contribution in [3.05, 3.63) is 124 Å². The average Bonchev–Trinajstić information content (AvgIpc) is 3.60. The lowest BCUT2D eigenvalue weighted by atomic mass is 10.1. The standard InChI is InChI=1S/C33H34N4O3/c1-21-15-22(2)17-29(16-21)37-25(5)18-27(26(37)6)19-34-35-33(38)32-14-13-31(40-32)20-39-30-11-9-28(10-12-30)36-23(3)7-8-24(36)4/h7-19H,20H2,1-6H3,(H,35,38)/b34-19+. The molecule has 0 fully saturated rings. The van der Waals surface area contributed by atoms with Crippen LogP contribution in [-0.2, 0) is 6.61 Å². The maximum Gasteiger partial charge on any atom is 0.307 e. The molecule has 3 aromatic heterocycles. The van der Waals surface area contributed by atoms with Crippen LogP contribution in [0.2, 0.25) is 0 Å². The lowest BCUT2D eigenvalue weighted by molar-refractivity contribution is 0.0923. The highest BCUT2D eigenvalue weighted by Crippen LogP contribution is 2.23. The molecule has 1 amide bonds. The molecule has 7 heteroatoms. The molecule has 0 aliphatic heterocycles. The van der Waals surface area contributed by atoms with Crippen molar-refractivity contribution in [3.8, 4) is 17.1 Å². The van der Waals surface area contributed by atoms with Crippen LogP contribution in [0.1, 0.15) is 55.8 Å². The van der Waals surface area contributed by atoms with Gasteiger partial charge in [-0.25, -0.2) is 5.43 Å². The van der Waals surface area contributed by atoms with Gasteiger partial charge in [-0.15, -0.1) is 0 Å². The molecule has 0 aliphatic rings. The highest BCUT2D eigenvalue weighted by molar-refractivity contribution is 5.92. The Morgan fingerprint density at radius 3 is 2.15 bits per heavy atom. The zero-order valence-corrected chi connectivity index (χ0v) is 23.8. The predicted octanol–water partition coefficient (Wildman–Crippen LogP) is 7.05. The van der Waals surface area contributed by atoms with Crippen molar-refractivity contribution in [2.24, 2.45) is 5.10 Å². The van der Waals surface area contributed by atoms with Gasteiger partial charge >= 0.3 is 5.91 Å². The van der Waals surface area contributed by atoms with E-state index in [1.54, 1.807) is 18.3 Å². The number of aromatic nitrogens is 2. The first-order valence-electron chi connectivity index (χ1n) is 13.3. The number of hydrogen-bond donors (Lipinski definition) is 1. The monoisotopic (exact) mass is 534 g/mol. The minimum atomic E-state index is -0.424. The van der Waals surface area contributed by atoms with Gasteiger partial charge in [0.15, 0.2) is 5.76 Å². The van der Waals surface area contributed by atoms with Gasteiger partial charge in [0.05, 0.1) is 6.21 Å². The van der Waals surface area contributed by atoms with Gasteiger partial charge in [0.25, 0.3) is 0 Å². The number of carbonyl (C=O) groups is 1. The Labute approximate surface area is 234 Å². The number of nitrogens with zero attached hydrogens (tertiary/aromatic N) is 3. The smallest absolute Gasteiger partial charge is 0.307 e. The van der Waals surface area contributed by atoms with E-state index in [9.17, 15) is 4.79 Å². The molecule has 0 aliphatic carbocycles. The molecule has 7 nitrogen and oxygen atoms in total. The van der Waals surface area contributed by atoms with E-state index in [0.29, 0.717) is 5.76 Å². The number of carbonyl (C=O) groups excluding carboxylic acids is 1. The first-order valence-corrected chi connectivity index (χ1v) is 13.3. The Bertz CT molecular complexity index is 1660. The highest BCUT2D eigenvalue weighted by Gasteiger charge is 2.13. The van der Waals surface area contributed by atoms with Crippen LogP contribution in [0.4, 0.5) is 0 Å². The third-order valence-electron chi connectivity index (χ3n) is 6.94. The predicted molar refractivity (Wildman–Crippen MR) is 158 cm³/mol. The zero-order valence-electron chi connectivity index (χ0n) is 23.8. The number of ether oxygens (including phenoxy) is 1. The van der Waals surface area contributed by atoms with Crippen LogP contribution in [0.3, 0.4) is 0 Å². The summed E-state index contributed by atoms with van der Waals surface area (Å²) in [5.41, 5.74) is 12.6. The maximum absolute atomic E-state index is 12.6. The third-order valence-corrected chi connectivity index (χ3v) is 6.94. The lowest BCUT2D eigenvalue weighted by Crippen LogP contribution is -2.16. The lowest BCUT2D eigenvalue weighted by Gasteiger charge is -2.11. The molecule has 0 bridgehead atoms. The van der Waals surface area contributed by atoms with Crippen LogP contribution in [0.5, 0.6) is 5.75 Å². The van der Waals surface area contributed by atoms with E-state index < -0.39 is 5.91 Å². The van der Waals surface area contributed by atoms with Crippen molar-refractivity contribution in [2.45, 2.75) is 48.1 Å². The van der Waals surface area contributed by atoms with E-state index in [1.807, 2.05) is 31.2 Å². The fraction of sp³-hybridized carbons (Fsp3) is 0.212. The second-order valence-corrected chi connectivity index (χ2v) is 10.2. The van der Waals surface area contributed by atoms with Gasteiger partial charge in [-0.2, -0.15) is 5.10 Å². The first-order chi connectivity index (χ1) is 19.2. The summed E-state index contributed by atoms with van der Waals surface area (Å²) >= 11 is 0. The third kappa shape index (κ3) is 5.64. The molecule has 0 saturated heterocycles. The van der Waals surface area contributed by atoms with Gasteiger partial charge in [-0.1, -0.05) is 6.07 Å². The minimum absolute atomic E-state index is 0.172. The molecule has 5 rings (SSSR count). The molecule has 2 aromatic carbocycles.